The van der Waals surface area contributed by atoms with Crippen LogP contribution in [0, 0.1) is 0 Å². The highest BCUT2D eigenvalue weighted by molar-refractivity contribution is 8.00. The molecule has 0 aromatic heterocycles. The minimum absolute atomic E-state index is 0.0504. The summed E-state index contributed by atoms with van der Waals surface area (Å²) < 4.78 is 17.5. The maximum atomic E-state index is 12.6. The van der Waals surface area contributed by atoms with Gasteiger partial charge in [-0.1, -0.05) is 12.8 Å². The molecule has 5 fully saturated rings. The molecule has 6 N–H and O–H groups in total. The van der Waals surface area contributed by atoms with Gasteiger partial charge in [0.25, 0.3) is 0 Å². The highest BCUT2D eigenvalue weighted by atomic mass is 32.2. The van der Waals surface area contributed by atoms with E-state index in [0.29, 0.717) is 48.9 Å². The molecule has 13 nitrogen and oxygen atoms in total. The van der Waals surface area contributed by atoms with Crippen LogP contribution in [0.25, 0.3) is 0 Å². The van der Waals surface area contributed by atoms with E-state index in [2.05, 4.69) is 26.2 Å². The van der Waals surface area contributed by atoms with E-state index in [1.165, 1.54) is 6.07 Å². The Labute approximate surface area is 263 Å². The highest BCUT2D eigenvalue weighted by Crippen LogP contribution is 2.41. The van der Waals surface area contributed by atoms with Crippen molar-refractivity contribution < 1.29 is 37.7 Å². The fourth-order valence-electron chi connectivity index (χ4n) is 6.73. The summed E-state index contributed by atoms with van der Waals surface area (Å²) in [5.74, 6) is 1.03. The van der Waals surface area contributed by atoms with Crippen LogP contribution in [-0.2, 0) is 20.7 Å². The lowest BCUT2D eigenvalue weighted by Gasteiger charge is -2.50. The predicted octanol–water partition coefficient (Wildman–Crippen LogP) is 2.15. The first-order valence-electron chi connectivity index (χ1n) is 15.8. The number of urea groups is 1. The van der Waals surface area contributed by atoms with E-state index in [0.717, 1.165) is 81.6 Å². The zero-order valence-electron chi connectivity index (χ0n) is 25.2. The molecule has 0 spiro atoms. The van der Waals surface area contributed by atoms with Crippen molar-refractivity contribution in [1.82, 2.24) is 20.9 Å². The van der Waals surface area contributed by atoms with Crippen molar-refractivity contribution in [3.63, 3.8) is 0 Å². The van der Waals surface area contributed by atoms with Gasteiger partial charge in [-0.3, -0.25) is 24.3 Å². The van der Waals surface area contributed by atoms with E-state index in [-0.39, 0.29) is 35.7 Å². The summed E-state index contributed by atoms with van der Waals surface area (Å²) in [6.07, 6.45) is 5.92. The Balaban J connectivity index is 0.967. The lowest BCUT2D eigenvalue weighted by Crippen LogP contribution is -2.66. The molecule has 1 aromatic carbocycles. The molecule has 6 rings (SSSR count). The second-order valence-corrected chi connectivity index (χ2v) is 14.9. The van der Waals surface area contributed by atoms with Crippen molar-refractivity contribution in [2.75, 3.05) is 56.9 Å². The third kappa shape index (κ3) is 9.34. The summed E-state index contributed by atoms with van der Waals surface area (Å²) in [5, 5.41) is 12.3. The van der Waals surface area contributed by atoms with Crippen molar-refractivity contribution >= 4 is 43.1 Å². The van der Waals surface area contributed by atoms with Crippen LogP contribution in [0.2, 0.25) is 0 Å². The summed E-state index contributed by atoms with van der Waals surface area (Å²) in [5.41, 5.74) is 1.27. The van der Waals surface area contributed by atoms with Crippen LogP contribution in [0.1, 0.15) is 56.9 Å². The molecule has 5 aliphatic heterocycles. The third-order valence-corrected chi connectivity index (χ3v) is 11.2. The Morgan fingerprint density at radius 2 is 1.75 bits per heavy atom. The quantitative estimate of drug-likeness (QED) is 0.0678. The molecule has 0 saturated carbocycles. The Bertz CT molecular complexity index is 1230. The van der Waals surface area contributed by atoms with Crippen LogP contribution in [0.4, 0.5) is 10.5 Å². The summed E-state index contributed by atoms with van der Waals surface area (Å²) >= 11 is 1.89. The third-order valence-electron chi connectivity index (χ3n) is 9.22. The SMILES string of the molecule is O=C(CCCCC1SCC2NC(=O)NC21)NCCCCCC(=O)Nc1ccc(OP(=O)(O)O)c(C[N+]23CCN(CC2)CC3)c1. The molecular formula is C29H46N6O7PS+. The van der Waals surface area contributed by atoms with Crippen LogP contribution in [0.5, 0.6) is 5.75 Å². The molecule has 2 bridgehead atoms. The maximum Gasteiger partial charge on any atom is 0.524 e. The number of benzene rings is 1. The van der Waals surface area contributed by atoms with Gasteiger partial charge in [-0.2, -0.15) is 11.8 Å². The topological polar surface area (TPSA) is 169 Å². The number of fused-ring (bicyclic) bond motifs is 4. The molecule has 5 heterocycles. The number of hydrogen-bond acceptors (Lipinski definition) is 7. The molecule has 5 saturated heterocycles. The minimum Gasteiger partial charge on any atom is -0.404 e. The number of carbonyl (C=O) groups is 3. The predicted molar refractivity (Wildman–Crippen MR) is 168 cm³/mol. The number of unbranched alkanes of at least 4 members (excludes halogenated alkanes) is 3. The molecule has 4 amide bonds. The van der Waals surface area contributed by atoms with Crippen molar-refractivity contribution in [3.8, 4) is 5.75 Å². The Kier molecular flexibility index (Phi) is 11.1. The first kappa shape index (κ1) is 33.0. The van der Waals surface area contributed by atoms with Crippen LogP contribution >= 0.6 is 19.6 Å². The largest absolute Gasteiger partial charge is 0.524 e. The number of amides is 4. The smallest absolute Gasteiger partial charge is 0.404 e. The number of nitrogens with zero attached hydrogens (tertiary/aromatic N) is 2. The molecule has 1 aromatic rings. The van der Waals surface area contributed by atoms with Gasteiger partial charge in [0.15, 0.2) is 0 Å². The van der Waals surface area contributed by atoms with Gasteiger partial charge in [0.2, 0.25) is 11.8 Å². The maximum absolute atomic E-state index is 12.6. The number of thioether (sulfide) groups is 1. The van der Waals surface area contributed by atoms with Crippen LogP contribution in [-0.4, -0.2) is 106 Å². The van der Waals surface area contributed by atoms with E-state index in [9.17, 15) is 28.7 Å². The molecule has 3 unspecified atom stereocenters. The number of rotatable bonds is 16. The number of hydrogen-bond donors (Lipinski definition) is 6. The summed E-state index contributed by atoms with van der Waals surface area (Å²) in [6.45, 7) is 7.15. The molecular weight excluding hydrogens is 607 g/mol. The van der Waals surface area contributed by atoms with E-state index < -0.39 is 7.82 Å². The number of anilines is 1. The first-order valence-corrected chi connectivity index (χ1v) is 18.4. The molecule has 44 heavy (non-hydrogen) atoms. The molecule has 0 radical (unpaired) electrons. The Morgan fingerprint density at radius 1 is 1.02 bits per heavy atom. The average molecular weight is 654 g/mol. The second kappa shape index (κ2) is 14.8. The first-order chi connectivity index (χ1) is 21.1. The Hall–Kier alpha value is -2.35. The van der Waals surface area contributed by atoms with E-state index in [1.807, 2.05) is 11.8 Å². The number of quaternary nitrogens is 1. The number of phosphoric acid groups is 1. The normalized spacial score (nSPS) is 27.4. The molecule has 244 valence electrons. The van der Waals surface area contributed by atoms with E-state index in [1.54, 1.807) is 12.1 Å². The van der Waals surface area contributed by atoms with E-state index >= 15 is 0 Å². The number of piperazine rings is 3. The number of nitrogens with one attached hydrogen (secondary N) is 4. The van der Waals surface area contributed by atoms with Gasteiger partial charge in [-0.25, -0.2) is 9.36 Å². The lowest BCUT2D eigenvalue weighted by atomic mass is 10.0. The van der Waals surface area contributed by atoms with Crippen molar-refractivity contribution in [3.05, 3.63) is 23.8 Å². The van der Waals surface area contributed by atoms with Gasteiger partial charge in [-0.05, 0) is 43.9 Å². The van der Waals surface area contributed by atoms with E-state index in [4.69, 9.17) is 4.52 Å². The lowest BCUT2D eigenvalue weighted by molar-refractivity contribution is -0.953. The van der Waals surface area contributed by atoms with Gasteiger partial charge in [0, 0.05) is 55.7 Å². The fourth-order valence-corrected chi connectivity index (χ4v) is 8.71. The second-order valence-electron chi connectivity index (χ2n) is 12.5. The number of carbonyl (C=O) groups excluding carboxylic acids is 3. The summed E-state index contributed by atoms with van der Waals surface area (Å²) in [4.78, 5) is 57.6. The van der Waals surface area contributed by atoms with Crippen molar-refractivity contribution in [1.29, 1.82) is 0 Å². The number of phosphoric ester groups is 1. The van der Waals surface area contributed by atoms with Gasteiger partial charge < -0.3 is 30.3 Å². The van der Waals surface area contributed by atoms with Crippen molar-refractivity contribution in [2.45, 2.75) is 75.2 Å². The van der Waals surface area contributed by atoms with Gasteiger partial charge >= 0.3 is 13.9 Å². The van der Waals surface area contributed by atoms with Gasteiger partial charge in [0.05, 0.1) is 37.3 Å². The molecule has 15 heteroatoms. The zero-order chi connectivity index (χ0) is 31.2. The standard InChI is InChI=1S/C29H45N6O7PS/c36-26(7-4-3-6-25-28-23(20-44-25)32-29(38)33-28)30-11-5-1-2-8-27(37)31-22-9-10-24(42-43(39,40)41)21(18-22)19-35-15-12-34(13-16-35)14-17-35/h9-10,18,23,25,28H,1-8,11-17,19-20H2,(H5-,30,31,32,33,36,37,38,39,40,41)/p+1. The fraction of sp³-hybridized carbons (Fsp3) is 0.690. The zero-order valence-corrected chi connectivity index (χ0v) is 26.9. The molecule has 0 aliphatic carbocycles. The average Bonchev–Trinajstić information content (AvgIpc) is 3.53. The van der Waals surface area contributed by atoms with Crippen LogP contribution < -0.4 is 25.8 Å². The minimum atomic E-state index is -4.72. The van der Waals surface area contributed by atoms with Gasteiger partial charge in [0.1, 0.15) is 12.3 Å². The van der Waals surface area contributed by atoms with Crippen molar-refractivity contribution in [2.24, 2.45) is 0 Å². The Morgan fingerprint density at radius 3 is 2.50 bits per heavy atom. The van der Waals surface area contributed by atoms with Crippen LogP contribution in [0.3, 0.4) is 0 Å². The van der Waals surface area contributed by atoms with Crippen LogP contribution in [0.15, 0.2) is 18.2 Å². The van der Waals surface area contributed by atoms with Gasteiger partial charge in [-0.15, -0.1) is 0 Å². The molecule has 5 aliphatic rings. The summed E-state index contributed by atoms with van der Waals surface area (Å²) in [7, 11) is -4.72. The highest BCUT2D eigenvalue weighted by Gasteiger charge is 2.42. The summed E-state index contributed by atoms with van der Waals surface area (Å²) in [6, 6.07) is 5.28. The molecule has 3 atom stereocenters. The monoisotopic (exact) mass is 653 g/mol.